The van der Waals surface area contributed by atoms with E-state index in [2.05, 4.69) is 0 Å². The van der Waals surface area contributed by atoms with E-state index in [4.69, 9.17) is 9.84 Å². The topological polar surface area (TPSA) is 46.5 Å². The van der Waals surface area contributed by atoms with Gasteiger partial charge in [-0.25, -0.2) is 4.79 Å². The van der Waals surface area contributed by atoms with Crippen LogP contribution >= 0.6 is 0 Å². The summed E-state index contributed by atoms with van der Waals surface area (Å²) in [7, 11) is 0. The summed E-state index contributed by atoms with van der Waals surface area (Å²) >= 11 is 0. The molecule has 2 rings (SSSR count). The first-order valence-corrected chi connectivity index (χ1v) is 5.72. The van der Waals surface area contributed by atoms with Gasteiger partial charge in [-0.3, -0.25) is 0 Å². The fourth-order valence-electron chi connectivity index (χ4n) is 1.89. The quantitative estimate of drug-likeness (QED) is 0.829. The smallest absolute Gasteiger partial charge is 0.339 e. The zero-order valence-electron chi connectivity index (χ0n) is 9.19. The Morgan fingerprint density at radius 3 is 2.75 bits per heavy atom. The minimum atomic E-state index is -0.931. The lowest BCUT2D eigenvalue weighted by Crippen LogP contribution is -2.15. The molecule has 1 N–H and O–H groups in total. The molecule has 1 aromatic carbocycles. The summed E-state index contributed by atoms with van der Waals surface area (Å²) in [6.07, 6.45) is 4.96. The Bertz CT molecular complexity index is 369. The maximum Gasteiger partial charge on any atom is 0.339 e. The van der Waals surface area contributed by atoms with Crippen molar-refractivity contribution in [2.24, 2.45) is 5.92 Å². The number of hydrogen-bond donors (Lipinski definition) is 1. The fourth-order valence-corrected chi connectivity index (χ4v) is 1.89. The molecule has 1 aromatic rings. The van der Waals surface area contributed by atoms with Crippen molar-refractivity contribution < 1.29 is 14.6 Å². The van der Waals surface area contributed by atoms with Crippen LogP contribution in [0.5, 0.6) is 5.75 Å². The van der Waals surface area contributed by atoms with Gasteiger partial charge in [0.05, 0.1) is 6.61 Å². The first-order valence-electron chi connectivity index (χ1n) is 5.72. The molecular formula is C13H16O3. The highest BCUT2D eigenvalue weighted by molar-refractivity contribution is 5.90. The Labute approximate surface area is 95.0 Å². The van der Waals surface area contributed by atoms with E-state index in [0.717, 1.165) is 12.3 Å². The second-order valence-corrected chi connectivity index (χ2v) is 4.24. The number of aromatic carboxylic acids is 1. The van der Waals surface area contributed by atoms with Gasteiger partial charge in [-0.05, 0) is 24.5 Å². The van der Waals surface area contributed by atoms with E-state index in [-0.39, 0.29) is 5.56 Å². The van der Waals surface area contributed by atoms with Crippen LogP contribution < -0.4 is 4.74 Å². The summed E-state index contributed by atoms with van der Waals surface area (Å²) in [6, 6.07) is 6.79. The van der Waals surface area contributed by atoms with Crippen molar-refractivity contribution in [2.45, 2.75) is 25.7 Å². The van der Waals surface area contributed by atoms with E-state index >= 15 is 0 Å². The van der Waals surface area contributed by atoms with E-state index in [1.807, 2.05) is 0 Å². The van der Waals surface area contributed by atoms with Crippen molar-refractivity contribution in [3.05, 3.63) is 29.8 Å². The number of carboxylic acid groups (broad SMARTS) is 1. The third kappa shape index (κ3) is 2.54. The molecular weight excluding hydrogens is 204 g/mol. The summed E-state index contributed by atoms with van der Waals surface area (Å²) in [6.45, 7) is 0.620. The minimum Gasteiger partial charge on any atom is -0.493 e. The summed E-state index contributed by atoms with van der Waals surface area (Å²) in [5, 5.41) is 8.95. The second-order valence-electron chi connectivity index (χ2n) is 4.24. The average molecular weight is 220 g/mol. The van der Waals surface area contributed by atoms with Gasteiger partial charge in [0.2, 0.25) is 0 Å². The van der Waals surface area contributed by atoms with Gasteiger partial charge in [-0.15, -0.1) is 0 Å². The zero-order chi connectivity index (χ0) is 11.4. The summed E-state index contributed by atoms with van der Waals surface area (Å²) < 4.78 is 5.52. The van der Waals surface area contributed by atoms with Gasteiger partial charge in [0.25, 0.3) is 0 Å². The zero-order valence-corrected chi connectivity index (χ0v) is 9.19. The Morgan fingerprint density at radius 2 is 2.12 bits per heavy atom. The molecule has 0 spiro atoms. The van der Waals surface area contributed by atoms with Crippen molar-refractivity contribution in [3.63, 3.8) is 0 Å². The highest BCUT2D eigenvalue weighted by Crippen LogP contribution is 2.29. The minimum absolute atomic E-state index is 0.246. The summed E-state index contributed by atoms with van der Waals surface area (Å²) in [4.78, 5) is 10.9. The molecule has 3 heteroatoms. The molecule has 1 fully saturated rings. The number of carbonyl (C=O) groups is 1. The predicted molar refractivity (Wildman–Crippen MR) is 60.9 cm³/mol. The van der Waals surface area contributed by atoms with E-state index in [1.54, 1.807) is 24.3 Å². The van der Waals surface area contributed by atoms with Gasteiger partial charge >= 0.3 is 5.97 Å². The van der Waals surface area contributed by atoms with E-state index in [1.165, 1.54) is 19.3 Å². The number of ether oxygens (including phenoxy) is 1. The number of benzene rings is 1. The van der Waals surface area contributed by atoms with Crippen LogP contribution in [0.4, 0.5) is 0 Å². The van der Waals surface area contributed by atoms with E-state index in [0.29, 0.717) is 12.4 Å². The van der Waals surface area contributed by atoms with Crippen molar-refractivity contribution in [1.29, 1.82) is 0 Å². The van der Waals surface area contributed by atoms with Crippen LogP contribution in [0.25, 0.3) is 0 Å². The molecule has 0 aliphatic heterocycles. The number of hydrogen-bond acceptors (Lipinski definition) is 2. The van der Waals surface area contributed by atoms with Gasteiger partial charge in [0.15, 0.2) is 0 Å². The average Bonchev–Trinajstić information content (AvgIpc) is 2.22. The molecule has 0 atom stereocenters. The molecule has 0 bridgehead atoms. The van der Waals surface area contributed by atoms with Crippen LogP contribution in [-0.4, -0.2) is 17.7 Å². The molecule has 0 saturated heterocycles. The van der Waals surface area contributed by atoms with Gasteiger partial charge in [-0.2, -0.15) is 0 Å². The van der Waals surface area contributed by atoms with Crippen molar-refractivity contribution in [3.8, 4) is 5.75 Å². The molecule has 0 radical (unpaired) electrons. The van der Waals surface area contributed by atoms with Crippen molar-refractivity contribution >= 4 is 5.97 Å². The SMILES string of the molecule is O=C(O)c1ccccc1OCCC1CCC1. The summed E-state index contributed by atoms with van der Waals surface area (Å²) in [5.41, 5.74) is 0.246. The van der Waals surface area contributed by atoms with Gasteiger partial charge in [-0.1, -0.05) is 31.4 Å². The van der Waals surface area contributed by atoms with Crippen LogP contribution in [0.3, 0.4) is 0 Å². The maximum absolute atomic E-state index is 10.9. The van der Waals surface area contributed by atoms with E-state index < -0.39 is 5.97 Å². The standard InChI is InChI=1S/C13H16O3/c14-13(15)11-6-1-2-7-12(11)16-9-8-10-4-3-5-10/h1-2,6-7,10H,3-5,8-9H2,(H,14,15). The number of para-hydroxylation sites is 1. The van der Waals surface area contributed by atoms with Gasteiger partial charge in [0.1, 0.15) is 11.3 Å². The Kier molecular flexibility index (Phi) is 3.44. The van der Waals surface area contributed by atoms with Crippen LogP contribution in [0.2, 0.25) is 0 Å². The molecule has 1 saturated carbocycles. The number of carboxylic acids is 1. The highest BCUT2D eigenvalue weighted by atomic mass is 16.5. The molecule has 0 aromatic heterocycles. The molecule has 0 unspecified atom stereocenters. The molecule has 0 heterocycles. The Hall–Kier alpha value is -1.51. The molecule has 3 nitrogen and oxygen atoms in total. The maximum atomic E-state index is 10.9. The first kappa shape index (κ1) is 11.0. The third-order valence-electron chi connectivity index (χ3n) is 3.13. The third-order valence-corrected chi connectivity index (χ3v) is 3.13. The lowest BCUT2D eigenvalue weighted by atomic mass is 9.83. The highest BCUT2D eigenvalue weighted by Gasteiger charge is 2.17. The van der Waals surface area contributed by atoms with Crippen molar-refractivity contribution in [2.75, 3.05) is 6.61 Å². The second kappa shape index (κ2) is 5.01. The lowest BCUT2D eigenvalue weighted by Gasteiger charge is -2.25. The van der Waals surface area contributed by atoms with E-state index in [9.17, 15) is 4.79 Å². The van der Waals surface area contributed by atoms with Gasteiger partial charge in [0, 0.05) is 0 Å². The largest absolute Gasteiger partial charge is 0.493 e. The van der Waals surface area contributed by atoms with Gasteiger partial charge < -0.3 is 9.84 Å². The van der Waals surface area contributed by atoms with Crippen molar-refractivity contribution in [1.82, 2.24) is 0 Å². The van der Waals surface area contributed by atoms with Crippen LogP contribution in [0, 0.1) is 5.92 Å². The Morgan fingerprint density at radius 1 is 1.38 bits per heavy atom. The predicted octanol–water partition coefficient (Wildman–Crippen LogP) is 2.95. The monoisotopic (exact) mass is 220 g/mol. The van der Waals surface area contributed by atoms with Crippen LogP contribution in [0.1, 0.15) is 36.0 Å². The Balaban J connectivity index is 1.89. The fraction of sp³-hybridized carbons (Fsp3) is 0.462. The normalized spacial score (nSPS) is 15.5. The first-order chi connectivity index (χ1) is 7.77. The molecule has 1 aliphatic rings. The molecule has 86 valence electrons. The molecule has 0 amide bonds. The summed E-state index contributed by atoms with van der Waals surface area (Å²) in [5.74, 6) is 0.338. The molecule has 1 aliphatic carbocycles. The van der Waals surface area contributed by atoms with Crippen LogP contribution in [0.15, 0.2) is 24.3 Å². The lowest BCUT2D eigenvalue weighted by molar-refractivity contribution is 0.0691. The number of rotatable bonds is 5. The van der Waals surface area contributed by atoms with Crippen LogP contribution in [-0.2, 0) is 0 Å². The molecule has 16 heavy (non-hydrogen) atoms.